The Kier molecular flexibility index (Phi) is 7.38. The molecule has 0 radical (unpaired) electrons. The number of quaternary nitrogens is 1. The highest BCUT2D eigenvalue weighted by Crippen LogP contribution is 2.67. The third-order valence-corrected chi connectivity index (χ3v) is 11.1. The van der Waals surface area contributed by atoms with E-state index >= 15 is 0 Å². The normalized spacial score (nSPS) is 38.9. The van der Waals surface area contributed by atoms with Crippen LogP contribution in [0.25, 0.3) is 0 Å². The maximum absolute atomic E-state index is 13.0. The van der Waals surface area contributed by atoms with Gasteiger partial charge in [-0.1, -0.05) is 60.0 Å². The topological polar surface area (TPSA) is 20.3 Å². The van der Waals surface area contributed by atoms with Crippen molar-refractivity contribution >= 4 is 5.91 Å². The lowest BCUT2D eigenvalue weighted by molar-refractivity contribution is -0.869. The number of likely N-dealkylation sites (tertiary alicyclic amines) is 1. The van der Waals surface area contributed by atoms with Gasteiger partial charge in [-0.3, -0.25) is 4.79 Å². The van der Waals surface area contributed by atoms with E-state index in [-0.39, 0.29) is 5.41 Å². The number of carbonyl (C=O) groups is 1. The average Bonchev–Trinajstić information content (AvgIpc) is 3.09. The fraction of sp³-hybridized carbons (Fsp3) is 0.903. The summed E-state index contributed by atoms with van der Waals surface area (Å²) < 4.78 is 0.914. The predicted molar refractivity (Wildman–Crippen MR) is 143 cm³/mol. The molecular formula is C31H55N2O+. The summed E-state index contributed by atoms with van der Waals surface area (Å²) in [7, 11) is 6.71. The second-order valence-corrected chi connectivity index (χ2v) is 14.7. The van der Waals surface area contributed by atoms with Gasteiger partial charge in [-0.15, -0.1) is 0 Å². The molecule has 1 heterocycles. The number of allylic oxidation sites excluding steroid dienone is 2. The number of nitrogens with zero attached hydrogens (tertiary/aromatic N) is 2. The Morgan fingerprint density at radius 1 is 1.03 bits per heavy atom. The fourth-order valence-corrected chi connectivity index (χ4v) is 9.12. The Bertz CT molecular complexity index is 779. The van der Waals surface area contributed by atoms with Crippen molar-refractivity contribution in [2.45, 2.75) is 98.8 Å². The zero-order chi connectivity index (χ0) is 24.9. The Balaban J connectivity index is 1.52. The van der Waals surface area contributed by atoms with Crippen molar-refractivity contribution in [3.05, 3.63) is 11.8 Å². The quantitative estimate of drug-likeness (QED) is 0.345. The molecule has 2 saturated carbocycles. The number of amides is 1. The van der Waals surface area contributed by atoms with Gasteiger partial charge in [0.25, 0.3) is 0 Å². The number of likely N-dealkylation sites (N-methyl/N-ethyl adjacent to an activating group) is 1. The lowest BCUT2D eigenvalue weighted by atomic mass is 9.48. The molecule has 0 aromatic rings. The van der Waals surface area contributed by atoms with E-state index in [1.807, 2.05) is 0 Å². The second-order valence-electron chi connectivity index (χ2n) is 14.7. The SMILES string of the molecule is CC(C)CCC[C@@H](C)[C@H]1CC[C@H]2[C@H]3CC=C4N(CC[N+](C)(C)C)C(=O)CC[C@]4(C)[C@@H]3CC[C@]12C. The van der Waals surface area contributed by atoms with Crippen molar-refractivity contribution in [2.75, 3.05) is 34.2 Å². The maximum atomic E-state index is 13.0. The van der Waals surface area contributed by atoms with Crippen molar-refractivity contribution in [1.29, 1.82) is 0 Å². The largest absolute Gasteiger partial charge is 0.329 e. The Morgan fingerprint density at radius 2 is 1.76 bits per heavy atom. The van der Waals surface area contributed by atoms with E-state index in [1.165, 1.54) is 57.1 Å². The molecule has 3 nitrogen and oxygen atoms in total. The van der Waals surface area contributed by atoms with Crippen LogP contribution in [0.2, 0.25) is 0 Å². The molecule has 0 unspecified atom stereocenters. The minimum Gasteiger partial charge on any atom is -0.329 e. The van der Waals surface area contributed by atoms with Crippen LogP contribution in [0.3, 0.4) is 0 Å². The lowest BCUT2D eigenvalue weighted by Crippen LogP contribution is -2.55. The highest BCUT2D eigenvalue weighted by atomic mass is 16.2. The highest BCUT2D eigenvalue weighted by molar-refractivity contribution is 5.80. The van der Waals surface area contributed by atoms with E-state index in [9.17, 15) is 4.79 Å². The van der Waals surface area contributed by atoms with Gasteiger partial charge in [0.05, 0.1) is 34.2 Å². The summed E-state index contributed by atoms with van der Waals surface area (Å²) in [5.41, 5.74) is 2.14. The van der Waals surface area contributed by atoms with Crippen LogP contribution >= 0.6 is 0 Å². The summed E-state index contributed by atoms with van der Waals surface area (Å²) >= 11 is 0. The van der Waals surface area contributed by atoms with E-state index in [2.05, 4.69) is 66.7 Å². The molecule has 4 rings (SSSR count). The van der Waals surface area contributed by atoms with Gasteiger partial charge >= 0.3 is 0 Å². The average molecular weight is 472 g/mol. The summed E-state index contributed by atoms with van der Waals surface area (Å²) in [4.78, 5) is 15.2. The van der Waals surface area contributed by atoms with Crippen LogP contribution in [0.1, 0.15) is 98.8 Å². The Labute approximate surface area is 211 Å². The van der Waals surface area contributed by atoms with Crippen LogP contribution < -0.4 is 0 Å². The van der Waals surface area contributed by atoms with Gasteiger partial charge in [0.2, 0.25) is 5.91 Å². The van der Waals surface area contributed by atoms with Crippen molar-refractivity contribution in [3.8, 4) is 0 Å². The Morgan fingerprint density at radius 3 is 2.44 bits per heavy atom. The number of carbonyl (C=O) groups excluding carboxylic acids is 1. The predicted octanol–water partition coefficient (Wildman–Crippen LogP) is 7.13. The van der Waals surface area contributed by atoms with Gasteiger partial charge in [0.1, 0.15) is 0 Å². The maximum Gasteiger partial charge on any atom is 0.226 e. The molecule has 0 aromatic heterocycles. The van der Waals surface area contributed by atoms with Crippen LogP contribution in [0.4, 0.5) is 0 Å². The first kappa shape index (κ1) is 26.2. The van der Waals surface area contributed by atoms with Crippen molar-refractivity contribution < 1.29 is 9.28 Å². The number of hydrogen-bond donors (Lipinski definition) is 0. The molecule has 0 spiro atoms. The molecular weight excluding hydrogens is 416 g/mol. The number of piperidine rings is 1. The molecule has 194 valence electrons. The minimum absolute atomic E-state index is 0.198. The molecule has 1 amide bonds. The van der Waals surface area contributed by atoms with Crippen LogP contribution in [-0.4, -0.2) is 49.5 Å². The van der Waals surface area contributed by atoms with Crippen LogP contribution in [0.5, 0.6) is 0 Å². The molecule has 7 atom stereocenters. The summed E-state index contributed by atoms with van der Waals surface area (Å²) in [6.07, 6.45) is 15.5. The summed E-state index contributed by atoms with van der Waals surface area (Å²) in [5.74, 6) is 5.46. The van der Waals surface area contributed by atoms with Gasteiger partial charge in [-0.05, 0) is 79.4 Å². The zero-order valence-corrected chi connectivity index (χ0v) is 23.8. The molecule has 0 bridgehead atoms. The van der Waals surface area contributed by atoms with E-state index in [0.717, 1.165) is 65.9 Å². The summed E-state index contributed by atoms with van der Waals surface area (Å²) in [5, 5.41) is 0. The van der Waals surface area contributed by atoms with Gasteiger partial charge < -0.3 is 9.38 Å². The third kappa shape index (κ3) is 4.76. The minimum atomic E-state index is 0.198. The van der Waals surface area contributed by atoms with Gasteiger partial charge in [-0.25, -0.2) is 0 Å². The van der Waals surface area contributed by atoms with E-state index in [0.29, 0.717) is 11.3 Å². The van der Waals surface area contributed by atoms with Crippen LogP contribution in [0, 0.1) is 46.3 Å². The first-order chi connectivity index (χ1) is 15.9. The number of hydrogen-bond acceptors (Lipinski definition) is 1. The molecule has 3 aliphatic carbocycles. The molecule has 1 saturated heterocycles. The Hall–Kier alpha value is -0.830. The van der Waals surface area contributed by atoms with Crippen molar-refractivity contribution in [2.24, 2.45) is 46.3 Å². The molecule has 0 N–H and O–H groups in total. The van der Waals surface area contributed by atoms with Gasteiger partial charge in [0, 0.05) is 17.5 Å². The van der Waals surface area contributed by atoms with Crippen molar-refractivity contribution in [1.82, 2.24) is 4.90 Å². The van der Waals surface area contributed by atoms with Gasteiger partial charge in [-0.2, -0.15) is 0 Å². The summed E-state index contributed by atoms with van der Waals surface area (Å²) in [6.45, 7) is 14.4. The molecule has 34 heavy (non-hydrogen) atoms. The van der Waals surface area contributed by atoms with E-state index in [1.54, 1.807) is 0 Å². The first-order valence-electron chi connectivity index (χ1n) is 14.7. The number of fused-ring (bicyclic) bond motifs is 5. The monoisotopic (exact) mass is 471 g/mol. The molecule has 3 heteroatoms. The standard InChI is InChI=1S/C31H55N2O/c1-22(2)10-9-11-23(3)25-13-14-26-24-12-15-28-31(5,27(24)16-18-30(25,26)4)19-17-29(34)32(28)20-21-33(6,7)8/h15,22-27H,9-14,16-21H2,1-8H3/q+1/t23-,24-,25-,26+,27-,30-,31-/m1/s1. The smallest absolute Gasteiger partial charge is 0.226 e. The van der Waals surface area contributed by atoms with Crippen LogP contribution in [-0.2, 0) is 4.79 Å². The van der Waals surface area contributed by atoms with Crippen molar-refractivity contribution in [3.63, 3.8) is 0 Å². The highest BCUT2D eigenvalue weighted by Gasteiger charge is 2.60. The van der Waals surface area contributed by atoms with E-state index < -0.39 is 0 Å². The molecule has 4 aliphatic rings. The molecule has 0 aromatic carbocycles. The lowest BCUT2D eigenvalue weighted by Gasteiger charge is -2.59. The first-order valence-corrected chi connectivity index (χ1v) is 14.7. The van der Waals surface area contributed by atoms with Gasteiger partial charge in [0.15, 0.2) is 0 Å². The summed E-state index contributed by atoms with van der Waals surface area (Å²) in [6, 6.07) is 0. The molecule has 3 fully saturated rings. The number of rotatable bonds is 8. The fourth-order valence-electron chi connectivity index (χ4n) is 9.12. The third-order valence-electron chi connectivity index (χ3n) is 11.1. The van der Waals surface area contributed by atoms with E-state index in [4.69, 9.17) is 0 Å². The second kappa shape index (κ2) is 9.56. The zero-order valence-electron chi connectivity index (χ0n) is 23.8. The molecule has 1 aliphatic heterocycles. The van der Waals surface area contributed by atoms with Crippen LogP contribution in [0.15, 0.2) is 11.8 Å².